The number of carbonyl (C=O) groups excluding carboxylic acids is 1. The molecule has 0 spiro atoms. The third kappa shape index (κ3) is 4.87. The van der Waals surface area contributed by atoms with Gasteiger partial charge in [-0.1, -0.05) is 53.7 Å². The number of aromatic hydroxyl groups is 1. The molecule has 0 saturated heterocycles. The maximum Gasteiger partial charge on any atom is 0.228 e. The number of benzene rings is 1. The molecule has 1 amide bonds. The molecule has 1 atom stereocenters. The summed E-state index contributed by atoms with van der Waals surface area (Å²) in [5.41, 5.74) is 0.427. The smallest absolute Gasteiger partial charge is 0.228 e. The molecule has 0 aromatic heterocycles. The van der Waals surface area contributed by atoms with Gasteiger partial charge in [0.25, 0.3) is 0 Å². The molecule has 1 rings (SSSR count). The summed E-state index contributed by atoms with van der Waals surface area (Å²) in [4.78, 5) is 12.6. The van der Waals surface area contributed by atoms with E-state index in [-0.39, 0.29) is 28.4 Å². The lowest BCUT2D eigenvalue weighted by molar-refractivity contribution is -0.124. The highest BCUT2D eigenvalue weighted by molar-refractivity contribution is 5.94. The fourth-order valence-corrected chi connectivity index (χ4v) is 2.20. The Balaban J connectivity index is 2.93. The van der Waals surface area contributed by atoms with Crippen molar-refractivity contribution < 1.29 is 9.90 Å². The second-order valence-electron chi connectivity index (χ2n) is 7.69. The molecule has 0 aliphatic carbocycles. The predicted molar refractivity (Wildman–Crippen MR) is 83.8 cm³/mol. The number of anilines is 1. The van der Waals surface area contributed by atoms with Crippen LogP contribution in [0.25, 0.3) is 0 Å². The summed E-state index contributed by atoms with van der Waals surface area (Å²) in [5, 5.41) is 12.6. The van der Waals surface area contributed by atoms with E-state index in [2.05, 4.69) is 46.9 Å². The van der Waals surface area contributed by atoms with E-state index in [1.54, 1.807) is 24.3 Å². The molecule has 20 heavy (non-hydrogen) atoms. The molecule has 0 aliphatic heterocycles. The van der Waals surface area contributed by atoms with Crippen LogP contribution in [-0.2, 0) is 4.79 Å². The van der Waals surface area contributed by atoms with Crippen LogP contribution in [-0.4, -0.2) is 11.0 Å². The first kappa shape index (κ1) is 16.5. The molecule has 0 bridgehead atoms. The summed E-state index contributed by atoms with van der Waals surface area (Å²) in [7, 11) is 0. The number of phenols is 1. The van der Waals surface area contributed by atoms with E-state index >= 15 is 0 Å². The van der Waals surface area contributed by atoms with Gasteiger partial charge in [0.15, 0.2) is 0 Å². The Labute approximate surface area is 122 Å². The van der Waals surface area contributed by atoms with Gasteiger partial charge >= 0.3 is 0 Å². The van der Waals surface area contributed by atoms with Gasteiger partial charge in [0, 0.05) is 5.92 Å². The molecular formula is C17H27NO2. The lowest BCUT2D eigenvalue weighted by atomic mass is 9.71. The second kappa shape index (κ2) is 5.86. The quantitative estimate of drug-likeness (QED) is 0.803. The summed E-state index contributed by atoms with van der Waals surface area (Å²) in [6, 6.07) is 6.82. The number of hydrogen-bond donors (Lipinski definition) is 2. The van der Waals surface area contributed by atoms with E-state index in [1.165, 1.54) is 0 Å². The molecule has 0 heterocycles. The van der Waals surface area contributed by atoms with Crippen molar-refractivity contribution in [2.45, 2.75) is 48.0 Å². The van der Waals surface area contributed by atoms with Crippen LogP contribution in [0, 0.1) is 16.7 Å². The minimum atomic E-state index is -0.123. The fourth-order valence-electron chi connectivity index (χ4n) is 2.20. The van der Waals surface area contributed by atoms with Crippen molar-refractivity contribution >= 4 is 11.6 Å². The lowest BCUT2D eigenvalue weighted by Gasteiger charge is -2.34. The Kier molecular flexibility index (Phi) is 4.85. The number of phenolic OH excluding ortho intramolecular Hbond substituents is 1. The number of para-hydroxylation sites is 2. The van der Waals surface area contributed by atoms with Crippen molar-refractivity contribution in [3.05, 3.63) is 24.3 Å². The normalized spacial score (nSPS) is 13.9. The molecule has 3 nitrogen and oxygen atoms in total. The zero-order valence-corrected chi connectivity index (χ0v) is 13.4. The summed E-state index contributed by atoms with van der Waals surface area (Å²) in [5.74, 6) is -0.0414. The van der Waals surface area contributed by atoms with Gasteiger partial charge in [-0.2, -0.15) is 0 Å². The maximum absolute atomic E-state index is 12.6. The van der Waals surface area contributed by atoms with Crippen molar-refractivity contribution in [2.75, 3.05) is 5.32 Å². The Morgan fingerprint density at radius 1 is 1.15 bits per heavy atom. The molecular weight excluding hydrogens is 250 g/mol. The highest BCUT2D eigenvalue weighted by Gasteiger charge is 2.34. The van der Waals surface area contributed by atoms with Gasteiger partial charge in [-0.15, -0.1) is 0 Å². The van der Waals surface area contributed by atoms with Crippen LogP contribution in [0.15, 0.2) is 24.3 Å². The van der Waals surface area contributed by atoms with Crippen molar-refractivity contribution in [3.8, 4) is 5.75 Å². The maximum atomic E-state index is 12.6. The minimum absolute atomic E-state index is 0.0334. The van der Waals surface area contributed by atoms with Crippen LogP contribution in [0.3, 0.4) is 0 Å². The molecule has 1 unspecified atom stereocenters. The number of amides is 1. The minimum Gasteiger partial charge on any atom is -0.506 e. The summed E-state index contributed by atoms with van der Waals surface area (Å²) in [6.07, 6.45) is 0.802. The Hall–Kier alpha value is -1.51. The van der Waals surface area contributed by atoms with Gasteiger partial charge in [0.05, 0.1) is 5.69 Å². The third-order valence-corrected chi connectivity index (χ3v) is 3.34. The molecule has 3 heteroatoms. The standard InChI is InChI=1S/C17H27NO2/c1-16(2,3)11-12(17(4,5)6)15(20)18-13-9-7-8-10-14(13)19/h7-10,12,19H,11H2,1-6H3,(H,18,20). The van der Waals surface area contributed by atoms with Gasteiger partial charge < -0.3 is 10.4 Å². The molecule has 2 N–H and O–H groups in total. The topological polar surface area (TPSA) is 49.3 Å². The predicted octanol–water partition coefficient (Wildman–Crippen LogP) is 4.43. The van der Waals surface area contributed by atoms with Crippen LogP contribution in [0.2, 0.25) is 0 Å². The van der Waals surface area contributed by atoms with Crippen LogP contribution in [0.4, 0.5) is 5.69 Å². The Morgan fingerprint density at radius 3 is 2.15 bits per heavy atom. The summed E-state index contributed by atoms with van der Waals surface area (Å²) < 4.78 is 0. The van der Waals surface area contributed by atoms with Crippen molar-refractivity contribution in [2.24, 2.45) is 16.7 Å². The zero-order valence-electron chi connectivity index (χ0n) is 13.4. The Morgan fingerprint density at radius 2 is 1.70 bits per heavy atom. The first-order chi connectivity index (χ1) is 9.00. The average molecular weight is 277 g/mol. The molecule has 1 aromatic rings. The molecule has 0 saturated carbocycles. The highest BCUT2D eigenvalue weighted by atomic mass is 16.3. The molecule has 0 radical (unpaired) electrons. The number of hydrogen-bond acceptors (Lipinski definition) is 2. The SMILES string of the molecule is CC(C)(C)CC(C(=O)Nc1ccccc1O)C(C)(C)C. The first-order valence-corrected chi connectivity index (χ1v) is 7.09. The van der Waals surface area contributed by atoms with Crippen molar-refractivity contribution in [1.82, 2.24) is 0 Å². The van der Waals surface area contributed by atoms with E-state index in [0.717, 1.165) is 6.42 Å². The van der Waals surface area contributed by atoms with Crippen molar-refractivity contribution in [3.63, 3.8) is 0 Å². The van der Waals surface area contributed by atoms with E-state index in [0.29, 0.717) is 5.69 Å². The number of nitrogens with one attached hydrogen (secondary N) is 1. The molecule has 0 aliphatic rings. The van der Waals surface area contributed by atoms with E-state index in [9.17, 15) is 9.90 Å². The lowest BCUT2D eigenvalue weighted by Crippen LogP contribution is -2.36. The first-order valence-electron chi connectivity index (χ1n) is 7.09. The van der Waals surface area contributed by atoms with E-state index in [1.807, 2.05) is 0 Å². The van der Waals surface area contributed by atoms with Gasteiger partial charge in [-0.05, 0) is 29.4 Å². The third-order valence-electron chi connectivity index (χ3n) is 3.34. The zero-order chi connectivity index (χ0) is 15.6. The summed E-state index contributed by atoms with van der Waals surface area (Å²) in [6.45, 7) is 12.6. The summed E-state index contributed by atoms with van der Waals surface area (Å²) >= 11 is 0. The molecule has 112 valence electrons. The monoisotopic (exact) mass is 277 g/mol. The van der Waals surface area contributed by atoms with E-state index < -0.39 is 0 Å². The van der Waals surface area contributed by atoms with Crippen LogP contribution >= 0.6 is 0 Å². The molecule has 0 fully saturated rings. The van der Waals surface area contributed by atoms with Gasteiger partial charge in [0.1, 0.15) is 5.75 Å². The van der Waals surface area contributed by atoms with E-state index in [4.69, 9.17) is 0 Å². The number of rotatable bonds is 3. The Bertz CT molecular complexity index is 467. The van der Waals surface area contributed by atoms with Crippen LogP contribution in [0.5, 0.6) is 5.75 Å². The largest absolute Gasteiger partial charge is 0.506 e. The van der Waals surface area contributed by atoms with Crippen LogP contribution in [0.1, 0.15) is 48.0 Å². The van der Waals surface area contributed by atoms with Crippen molar-refractivity contribution in [1.29, 1.82) is 0 Å². The van der Waals surface area contributed by atoms with Gasteiger partial charge in [0.2, 0.25) is 5.91 Å². The van der Waals surface area contributed by atoms with Gasteiger partial charge in [-0.25, -0.2) is 0 Å². The average Bonchev–Trinajstić information content (AvgIpc) is 2.26. The molecule has 1 aromatic carbocycles. The highest BCUT2D eigenvalue weighted by Crippen LogP contribution is 2.37. The number of carbonyl (C=O) groups is 1. The van der Waals surface area contributed by atoms with Gasteiger partial charge in [-0.3, -0.25) is 4.79 Å². The van der Waals surface area contributed by atoms with Crippen LogP contribution < -0.4 is 5.32 Å². The fraction of sp³-hybridized carbons (Fsp3) is 0.588. The second-order valence-corrected chi connectivity index (χ2v) is 7.69.